The van der Waals surface area contributed by atoms with Gasteiger partial charge in [0.2, 0.25) is 0 Å². The van der Waals surface area contributed by atoms with E-state index < -0.39 is 6.61 Å². The zero-order valence-corrected chi connectivity index (χ0v) is 16.4. The van der Waals surface area contributed by atoms with Crippen LogP contribution in [0.3, 0.4) is 0 Å². The third-order valence-corrected chi connectivity index (χ3v) is 5.94. The minimum Gasteiger partial charge on any atom is -0.431 e. The van der Waals surface area contributed by atoms with Crippen LogP contribution in [0.5, 0.6) is 5.75 Å². The number of rotatable bonds is 8. The largest absolute Gasteiger partial charge is 0.431 e. The number of nitrogen functional groups attached to an aromatic ring is 1. The number of aliphatic hydroxyl groups is 1. The van der Waals surface area contributed by atoms with Crippen molar-refractivity contribution in [1.29, 1.82) is 0 Å². The molecule has 156 valence electrons. The summed E-state index contributed by atoms with van der Waals surface area (Å²) in [5, 5.41) is 9.02. The topological polar surface area (TPSA) is 84.5 Å². The quantitative estimate of drug-likeness (QED) is 0.704. The van der Waals surface area contributed by atoms with Crippen LogP contribution in [-0.4, -0.2) is 52.8 Å². The van der Waals surface area contributed by atoms with Crippen molar-refractivity contribution in [3.63, 3.8) is 0 Å². The van der Waals surface area contributed by atoms with Crippen LogP contribution in [0.4, 0.5) is 14.6 Å². The minimum atomic E-state index is -2.96. The average molecular weight is 404 g/mol. The molecule has 0 spiro atoms. The van der Waals surface area contributed by atoms with E-state index in [1.807, 2.05) is 13.0 Å². The van der Waals surface area contributed by atoms with E-state index in [1.165, 1.54) is 11.6 Å². The fraction of sp³-hybridized carbons (Fsp3) is 0.524. The highest BCUT2D eigenvalue weighted by molar-refractivity contribution is 5.65. The van der Waals surface area contributed by atoms with Crippen LogP contribution in [0.2, 0.25) is 0 Å². The zero-order valence-electron chi connectivity index (χ0n) is 16.4. The molecule has 2 aromatic heterocycles. The van der Waals surface area contributed by atoms with Crippen LogP contribution >= 0.6 is 0 Å². The molecule has 3 N–H and O–H groups in total. The van der Waals surface area contributed by atoms with Gasteiger partial charge < -0.3 is 20.5 Å². The second-order valence-corrected chi connectivity index (χ2v) is 7.81. The van der Waals surface area contributed by atoms with Crippen molar-refractivity contribution in [2.75, 3.05) is 32.0 Å². The first kappa shape index (κ1) is 20.0. The van der Waals surface area contributed by atoms with Gasteiger partial charge in [0.15, 0.2) is 11.6 Å². The molecule has 29 heavy (non-hydrogen) atoms. The molecule has 1 saturated carbocycles. The Morgan fingerprint density at radius 1 is 1.28 bits per heavy atom. The molecule has 2 fully saturated rings. The molecule has 1 saturated heterocycles. The van der Waals surface area contributed by atoms with Gasteiger partial charge in [-0.3, -0.25) is 4.98 Å². The summed E-state index contributed by atoms with van der Waals surface area (Å²) in [5.41, 5.74) is 9.19. The second kappa shape index (κ2) is 8.20. The van der Waals surface area contributed by atoms with E-state index in [0.29, 0.717) is 29.0 Å². The molecular formula is C21H26F2N4O2. The van der Waals surface area contributed by atoms with Gasteiger partial charge in [-0.25, -0.2) is 4.98 Å². The number of fused-ring (bicyclic) bond motifs is 1. The number of pyridine rings is 2. The van der Waals surface area contributed by atoms with E-state index in [0.717, 1.165) is 38.2 Å². The SMILES string of the molecule is CCc1cc([C@H]2[C@@H]3CN(CCCO)C[C@@H]32)cc(-c2cnc(N)c(OC(F)F)c2)n1. The van der Waals surface area contributed by atoms with Crippen LogP contribution in [0.15, 0.2) is 24.4 Å². The Kier molecular flexibility index (Phi) is 5.65. The standard InChI is InChI=1S/C21H26F2N4O2/c1-2-14-6-12(19-15-10-27(4-3-5-28)11-16(15)19)7-17(26-14)13-8-18(29-21(22)23)20(24)25-9-13/h6-9,15-16,19,21,28H,2-5,10-11H2,1H3,(H2,24,25)/t15-,16+,19+. The lowest BCUT2D eigenvalue weighted by atomic mass is 10.0. The van der Waals surface area contributed by atoms with Gasteiger partial charge in [-0.15, -0.1) is 0 Å². The molecule has 1 aliphatic carbocycles. The fourth-order valence-electron chi connectivity index (χ4n) is 4.50. The lowest BCUT2D eigenvalue weighted by Gasteiger charge is -2.19. The number of piperidine rings is 1. The minimum absolute atomic E-state index is 0.0689. The molecule has 0 unspecified atom stereocenters. The van der Waals surface area contributed by atoms with Gasteiger partial charge >= 0.3 is 6.61 Å². The van der Waals surface area contributed by atoms with E-state index in [9.17, 15) is 8.78 Å². The first-order valence-corrected chi connectivity index (χ1v) is 10.0. The molecule has 0 radical (unpaired) electrons. The van der Waals surface area contributed by atoms with Crippen molar-refractivity contribution in [3.8, 4) is 17.0 Å². The van der Waals surface area contributed by atoms with Crippen molar-refractivity contribution >= 4 is 5.82 Å². The van der Waals surface area contributed by atoms with E-state index in [4.69, 9.17) is 10.8 Å². The molecule has 0 aromatic carbocycles. The van der Waals surface area contributed by atoms with Crippen LogP contribution in [0.25, 0.3) is 11.3 Å². The Morgan fingerprint density at radius 3 is 2.69 bits per heavy atom. The summed E-state index contributed by atoms with van der Waals surface area (Å²) in [5.74, 6) is 1.57. The van der Waals surface area contributed by atoms with Crippen LogP contribution in [-0.2, 0) is 6.42 Å². The predicted molar refractivity (Wildman–Crippen MR) is 106 cm³/mol. The number of halogens is 2. The normalized spacial score (nSPS) is 23.4. The highest BCUT2D eigenvalue weighted by atomic mass is 19.3. The maximum Gasteiger partial charge on any atom is 0.387 e. The lowest BCUT2D eigenvalue weighted by Crippen LogP contribution is -2.26. The number of aromatic nitrogens is 2. The number of ether oxygens (including phenoxy) is 1. The summed E-state index contributed by atoms with van der Waals surface area (Å²) in [7, 11) is 0. The third kappa shape index (κ3) is 4.18. The van der Waals surface area contributed by atoms with Crippen molar-refractivity contribution in [2.45, 2.75) is 32.3 Å². The van der Waals surface area contributed by atoms with Crippen LogP contribution in [0, 0.1) is 11.8 Å². The van der Waals surface area contributed by atoms with Crippen molar-refractivity contribution in [1.82, 2.24) is 14.9 Å². The van der Waals surface area contributed by atoms with Gasteiger partial charge in [0.1, 0.15) is 0 Å². The fourth-order valence-corrected chi connectivity index (χ4v) is 4.50. The number of nitrogens with two attached hydrogens (primary N) is 1. The Labute approximate surface area is 168 Å². The summed E-state index contributed by atoms with van der Waals surface area (Å²) < 4.78 is 29.8. The molecule has 3 atom stereocenters. The molecule has 0 amide bonds. The molecule has 3 heterocycles. The number of aryl methyl sites for hydroxylation is 1. The first-order chi connectivity index (χ1) is 14.0. The maximum atomic E-state index is 12.6. The number of anilines is 1. The lowest BCUT2D eigenvalue weighted by molar-refractivity contribution is -0.0494. The number of alkyl halides is 2. The molecular weight excluding hydrogens is 378 g/mol. The Bertz CT molecular complexity index is 868. The number of aliphatic hydroxyl groups excluding tert-OH is 1. The van der Waals surface area contributed by atoms with Gasteiger partial charge in [-0.05, 0) is 54.4 Å². The first-order valence-electron chi connectivity index (χ1n) is 10.0. The number of nitrogens with zero attached hydrogens (tertiary/aromatic N) is 3. The highest BCUT2D eigenvalue weighted by Gasteiger charge is 2.55. The maximum absolute atomic E-state index is 12.6. The molecule has 2 aromatic rings. The summed E-state index contributed by atoms with van der Waals surface area (Å²) in [6.07, 6.45) is 3.15. The molecule has 1 aliphatic heterocycles. The van der Waals surface area contributed by atoms with Crippen molar-refractivity contribution in [3.05, 3.63) is 35.7 Å². The highest BCUT2D eigenvalue weighted by Crippen LogP contribution is 2.58. The van der Waals surface area contributed by atoms with E-state index in [2.05, 4.69) is 25.7 Å². The van der Waals surface area contributed by atoms with E-state index >= 15 is 0 Å². The molecule has 4 rings (SSSR count). The molecule has 2 aliphatic rings. The van der Waals surface area contributed by atoms with Crippen LogP contribution < -0.4 is 10.5 Å². The number of hydrogen-bond donors (Lipinski definition) is 2. The van der Waals surface area contributed by atoms with Crippen LogP contribution in [0.1, 0.15) is 30.5 Å². The zero-order chi connectivity index (χ0) is 20.5. The van der Waals surface area contributed by atoms with Crippen molar-refractivity contribution in [2.24, 2.45) is 11.8 Å². The predicted octanol–water partition coefficient (Wildman–Crippen LogP) is 2.92. The van der Waals surface area contributed by atoms with E-state index in [1.54, 1.807) is 6.20 Å². The summed E-state index contributed by atoms with van der Waals surface area (Å²) >= 11 is 0. The number of likely N-dealkylation sites (tertiary alicyclic amines) is 1. The Hall–Kier alpha value is -2.32. The molecule has 0 bridgehead atoms. The number of hydrogen-bond acceptors (Lipinski definition) is 6. The monoisotopic (exact) mass is 404 g/mol. The third-order valence-electron chi connectivity index (χ3n) is 5.94. The molecule has 6 nitrogen and oxygen atoms in total. The Balaban J connectivity index is 1.56. The Morgan fingerprint density at radius 2 is 2.03 bits per heavy atom. The summed E-state index contributed by atoms with van der Waals surface area (Å²) in [6.45, 7) is 2.39. The average Bonchev–Trinajstić information content (AvgIpc) is 3.22. The van der Waals surface area contributed by atoms with Gasteiger partial charge in [0.25, 0.3) is 0 Å². The summed E-state index contributed by atoms with van der Waals surface area (Å²) in [4.78, 5) is 11.1. The van der Waals surface area contributed by atoms with E-state index in [-0.39, 0.29) is 18.2 Å². The van der Waals surface area contributed by atoms with Gasteiger partial charge in [0.05, 0.1) is 5.69 Å². The molecule has 8 heteroatoms. The summed E-state index contributed by atoms with van der Waals surface area (Å²) in [6, 6.07) is 5.68. The van der Waals surface area contributed by atoms with Gasteiger partial charge in [-0.1, -0.05) is 6.92 Å². The van der Waals surface area contributed by atoms with Gasteiger partial charge in [0, 0.05) is 43.7 Å². The van der Waals surface area contributed by atoms with Gasteiger partial charge in [-0.2, -0.15) is 8.78 Å². The smallest absolute Gasteiger partial charge is 0.387 e. The second-order valence-electron chi connectivity index (χ2n) is 7.81. The van der Waals surface area contributed by atoms with Crippen molar-refractivity contribution < 1.29 is 18.6 Å².